The van der Waals surface area contributed by atoms with Gasteiger partial charge in [0.1, 0.15) is 4.90 Å². The van der Waals surface area contributed by atoms with Gasteiger partial charge in [0.05, 0.1) is 10.6 Å². The summed E-state index contributed by atoms with van der Waals surface area (Å²) in [5.74, 6) is -0.139. The van der Waals surface area contributed by atoms with Gasteiger partial charge in [-0.2, -0.15) is 11.8 Å². The first-order valence-electron chi connectivity index (χ1n) is 6.40. The van der Waals surface area contributed by atoms with Gasteiger partial charge in [-0.15, -0.1) is 0 Å². The van der Waals surface area contributed by atoms with Crippen LogP contribution in [-0.4, -0.2) is 38.0 Å². The zero-order chi connectivity index (χ0) is 15.9. The molecule has 118 valence electrons. The van der Waals surface area contributed by atoms with Gasteiger partial charge in [-0.3, -0.25) is 0 Å². The maximum Gasteiger partial charge on any atom is 0.335 e. The molecular weight excluding hydrogens is 334 g/mol. The molecule has 0 atom stereocenters. The molecule has 0 aromatic heterocycles. The molecular formula is C13H18ClNO4S2. The smallest absolute Gasteiger partial charge is 0.335 e. The molecule has 0 aliphatic carbocycles. The third-order valence-corrected chi connectivity index (χ3v) is 5.42. The summed E-state index contributed by atoms with van der Waals surface area (Å²) in [6, 6.07) is 3.62. The molecule has 1 aromatic carbocycles. The minimum atomic E-state index is -3.79. The van der Waals surface area contributed by atoms with E-state index in [2.05, 4.69) is 4.72 Å². The Morgan fingerprint density at radius 3 is 2.67 bits per heavy atom. The number of hydrogen-bond acceptors (Lipinski definition) is 4. The number of hydrogen-bond donors (Lipinski definition) is 2. The Labute approximate surface area is 134 Å². The minimum Gasteiger partial charge on any atom is -0.478 e. The molecule has 0 amide bonds. The maximum atomic E-state index is 12.1. The number of thioether (sulfide) groups is 1. The summed E-state index contributed by atoms with van der Waals surface area (Å²) in [5, 5.41) is 8.91. The average molecular weight is 352 g/mol. The largest absolute Gasteiger partial charge is 0.478 e. The van der Waals surface area contributed by atoms with Crippen molar-refractivity contribution in [1.29, 1.82) is 0 Å². The van der Waals surface area contributed by atoms with Gasteiger partial charge in [0.15, 0.2) is 0 Å². The van der Waals surface area contributed by atoms with E-state index < -0.39 is 16.0 Å². The second-order valence-corrected chi connectivity index (χ2v) is 7.53. The summed E-state index contributed by atoms with van der Waals surface area (Å²) in [6.07, 6.45) is 4.74. The highest BCUT2D eigenvalue weighted by atomic mass is 35.5. The van der Waals surface area contributed by atoms with Crippen molar-refractivity contribution in [2.45, 2.75) is 24.2 Å². The summed E-state index contributed by atoms with van der Waals surface area (Å²) in [4.78, 5) is 10.7. The number of unbranched alkanes of at least 4 members (excludes halogenated alkanes) is 2. The van der Waals surface area contributed by atoms with Crippen LogP contribution in [0.4, 0.5) is 0 Å². The molecule has 8 heteroatoms. The van der Waals surface area contributed by atoms with Crippen LogP contribution in [0.1, 0.15) is 29.6 Å². The van der Waals surface area contributed by atoms with Crippen LogP contribution in [0.2, 0.25) is 5.02 Å². The fourth-order valence-electron chi connectivity index (χ4n) is 1.67. The van der Waals surface area contributed by atoms with Crippen molar-refractivity contribution in [2.24, 2.45) is 0 Å². The molecule has 2 N–H and O–H groups in total. The number of benzene rings is 1. The zero-order valence-electron chi connectivity index (χ0n) is 11.6. The summed E-state index contributed by atoms with van der Waals surface area (Å²) < 4.78 is 26.7. The monoisotopic (exact) mass is 351 g/mol. The maximum absolute atomic E-state index is 12.1. The summed E-state index contributed by atoms with van der Waals surface area (Å²) in [6.45, 7) is 0.310. The number of carbonyl (C=O) groups is 1. The Morgan fingerprint density at radius 1 is 1.33 bits per heavy atom. The lowest BCUT2D eigenvalue weighted by Crippen LogP contribution is -2.25. The van der Waals surface area contributed by atoms with Crippen LogP contribution in [0.5, 0.6) is 0 Å². The molecule has 0 heterocycles. The van der Waals surface area contributed by atoms with Crippen molar-refractivity contribution in [3.63, 3.8) is 0 Å². The van der Waals surface area contributed by atoms with Gasteiger partial charge in [-0.1, -0.05) is 18.0 Å². The van der Waals surface area contributed by atoms with Crippen molar-refractivity contribution in [2.75, 3.05) is 18.6 Å². The molecule has 0 unspecified atom stereocenters. The summed E-state index contributed by atoms with van der Waals surface area (Å²) in [7, 11) is -3.79. The molecule has 0 aliphatic rings. The van der Waals surface area contributed by atoms with E-state index in [4.69, 9.17) is 16.7 Å². The van der Waals surface area contributed by atoms with Crippen LogP contribution >= 0.6 is 23.4 Å². The molecule has 5 nitrogen and oxygen atoms in total. The molecule has 0 saturated heterocycles. The normalized spacial score (nSPS) is 11.5. The molecule has 0 bridgehead atoms. The van der Waals surface area contributed by atoms with Gasteiger partial charge in [0.25, 0.3) is 0 Å². The van der Waals surface area contributed by atoms with Gasteiger partial charge in [-0.25, -0.2) is 17.9 Å². The first-order valence-corrected chi connectivity index (χ1v) is 9.65. The van der Waals surface area contributed by atoms with Crippen LogP contribution in [-0.2, 0) is 10.0 Å². The standard InChI is InChI=1S/C13H18ClNO4S2/c1-20-8-4-2-3-7-15-21(18,19)12-9-10(13(16)17)5-6-11(12)14/h5-6,9,15H,2-4,7-8H2,1H3,(H,16,17). The van der Waals surface area contributed by atoms with Crippen molar-refractivity contribution in [3.05, 3.63) is 28.8 Å². The first kappa shape index (κ1) is 18.3. The van der Waals surface area contributed by atoms with Gasteiger partial charge in [-0.05, 0) is 43.0 Å². The highest BCUT2D eigenvalue weighted by Crippen LogP contribution is 2.22. The Bertz CT molecular complexity index is 590. The second kappa shape index (κ2) is 8.63. The van der Waals surface area contributed by atoms with Gasteiger partial charge >= 0.3 is 5.97 Å². The molecule has 0 saturated carbocycles. The number of aromatic carboxylic acids is 1. The average Bonchev–Trinajstić information content (AvgIpc) is 2.42. The van der Waals surface area contributed by atoms with Crippen LogP contribution in [0, 0.1) is 0 Å². The Hall–Kier alpha value is -0.760. The van der Waals surface area contributed by atoms with Crippen molar-refractivity contribution in [1.82, 2.24) is 4.72 Å². The van der Waals surface area contributed by atoms with Crippen LogP contribution in [0.3, 0.4) is 0 Å². The van der Waals surface area contributed by atoms with Gasteiger partial charge in [0.2, 0.25) is 10.0 Å². The number of nitrogens with one attached hydrogen (secondary N) is 1. The lowest BCUT2D eigenvalue weighted by Gasteiger charge is -2.09. The highest BCUT2D eigenvalue weighted by Gasteiger charge is 2.19. The van der Waals surface area contributed by atoms with Crippen molar-refractivity contribution >= 4 is 39.4 Å². The van der Waals surface area contributed by atoms with Crippen LogP contribution < -0.4 is 4.72 Å². The number of sulfonamides is 1. The topological polar surface area (TPSA) is 83.5 Å². The lowest BCUT2D eigenvalue weighted by atomic mass is 10.2. The predicted octanol–water partition coefficient (Wildman–Crippen LogP) is 2.85. The Balaban J connectivity index is 2.70. The number of carboxylic acids is 1. The third kappa shape index (κ3) is 5.86. The second-order valence-electron chi connectivity index (χ2n) is 4.40. The fraction of sp³-hybridized carbons (Fsp3) is 0.462. The van der Waals surface area contributed by atoms with E-state index in [-0.39, 0.29) is 15.5 Å². The van der Waals surface area contributed by atoms with E-state index in [9.17, 15) is 13.2 Å². The number of carboxylic acid groups (broad SMARTS) is 1. The van der Waals surface area contributed by atoms with E-state index in [0.717, 1.165) is 31.1 Å². The van der Waals surface area contributed by atoms with Crippen LogP contribution in [0.25, 0.3) is 0 Å². The summed E-state index contributed by atoms with van der Waals surface area (Å²) >= 11 is 7.61. The molecule has 0 radical (unpaired) electrons. The van der Waals surface area contributed by atoms with Crippen LogP contribution in [0.15, 0.2) is 23.1 Å². The number of rotatable bonds is 9. The number of halogens is 1. The predicted molar refractivity (Wildman–Crippen MR) is 85.8 cm³/mol. The lowest BCUT2D eigenvalue weighted by molar-refractivity contribution is 0.0696. The third-order valence-electron chi connectivity index (χ3n) is 2.78. The SMILES string of the molecule is CSCCCCCNS(=O)(=O)c1cc(C(=O)O)ccc1Cl. The van der Waals surface area contributed by atoms with E-state index in [1.165, 1.54) is 12.1 Å². The van der Waals surface area contributed by atoms with E-state index >= 15 is 0 Å². The molecule has 0 spiro atoms. The zero-order valence-corrected chi connectivity index (χ0v) is 14.0. The van der Waals surface area contributed by atoms with Crippen molar-refractivity contribution < 1.29 is 18.3 Å². The molecule has 0 fully saturated rings. The van der Waals surface area contributed by atoms with E-state index in [1.54, 1.807) is 11.8 Å². The molecule has 0 aliphatic heterocycles. The van der Waals surface area contributed by atoms with Crippen molar-refractivity contribution in [3.8, 4) is 0 Å². The molecule has 21 heavy (non-hydrogen) atoms. The van der Waals surface area contributed by atoms with Gasteiger partial charge in [0, 0.05) is 6.54 Å². The Morgan fingerprint density at radius 2 is 2.05 bits per heavy atom. The fourth-order valence-corrected chi connectivity index (χ4v) is 3.77. The van der Waals surface area contributed by atoms with E-state index in [0.29, 0.717) is 6.54 Å². The molecule has 1 aromatic rings. The van der Waals surface area contributed by atoms with Gasteiger partial charge < -0.3 is 5.11 Å². The quantitative estimate of drug-likeness (QED) is 0.668. The first-order chi connectivity index (χ1) is 9.88. The highest BCUT2D eigenvalue weighted by molar-refractivity contribution is 7.98. The minimum absolute atomic E-state index is 0.00915. The van der Waals surface area contributed by atoms with E-state index in [1.807, 2.05) is 6.26 Å². The Kier molecular flexibility index (Phi) is 7.51. The molecule has 1 rings (SSSR count). The summed E-state index contributed by atoms with van der Waals surface area (Å²) in [5.41, 5.74) is -0.111.